The van der Waals surface area contributed by atoms with E-state index in [1.165, 1.54) is 0 Å². The largest absolute Gasteiger partial charge is 0.330 e. The van der Waals surface area contributed by atoms with Gasteiger partial charge in [0.25, 0.3) is 11.8 Å². The predicted molar refractivity (Wildman–Crippen MR) is 97.8 cm³/mol. The SMILES string of the molecule is O=C(Nc1ccccc1)c1cn2c(n1)C(=O)N(Cc1ccccc1)CC2. The molecular weight excluding hydrogens is 328 g/mol. The van der Waals surface area contributed by atoms with Crippen LogP contribution in [0, 0.1) is 0 Å². The normalized spacial score (nSPS) is 13.4. The number of carbonyl (C=O) groups is 2. The number of benzene rings is 2. The highest BCUT2D eigenvalue weighted by Crippen LogP contribution is 2.17. The van der Waals surface area contributed by atoms with E-state index >= 15 is 0 Å². The van der Waals surface area contributed by atoms with Gasteiger partial charge in [0.05, 0.1) is 0 Å². The molecule has 6 heteroatoms. The number of para-hydroxylation sites is 1. The van der Waals surface area contributed by atoms with Crippen LogP contribution >= 0.6 is 0 Å². The number of anilines is 1. The highest BCUT2D eigenvalue weighted by atomic mass is 16.2. The number of nitrogens with zero attached hydrogens (tertiary/aromatic N) is 3. The molecule has 1 aliphatic rings. The van der Waals surface area contributed by atoms with Crippen LogP contribution in [0.5, 0.6) is 0 Å². The van der Waals surface area contributed by atoms with Gasteiger partial charge in [-0.25, -0.2) is 4.98 Å². The lowest BCUT2D eigenvalue weighted by Gasteiger charge is -2.27. The zero-order valence-electron chi connectivity index (χ0n) is 14.1. The van der Waals surface area contributed by atoms with E-state index in [4.69, 9.17) is 0 Å². The van der Waals surface area contributed by atoms with Crippen molar-refractivity contribution in [1.29, 1.82) is 0 Å². The summed E-state index contributed by atoms with van der Waals surface area (Å²) in [5, 5.41) is 2.79. The molecule has 26 heavy (non-hydrogen) atoms. The maximum Gasteiger partial charge on any atom is 0.290 e. The molecule has 6 nitrogen and oxygen atoms in total. The Kier molecular flexibility index (Phi) is 4.23. The van der Waals surface area contributed by atoms with Crippen LogP contribution in [0.25, 0.3) is 0 Å². The zero-order valence-corrected chi connectivity index (χ0v) is 14.1. The summed E-state index contributed by atoms with van der Waals surface area (Å²) >= 11 is 0. The van der Waals surface area contributed by atoms with Crippen LogP contribution in [-0.4, -0.2) is 32.8 Å². The molecule has 0 radical (unpaired) electrons. The Morgan fingerprint density at radius 2 is 1.69 bits per heavy atom. The monoisotopic (exact) mass is 346 g/mol. The maximum absolute atomic E-state index is 12.7. The lowest BCUT2D eigenvalue weighted by Crippen LogP contribution is -2.39. The van der Waals surface area contributed by atoms with Crippen molar-refractivity contribution in [3.8, 4) is 0 Å². The third kappa shape index (κ3) is 3.21. The summed E-state index contributed by atoms with van der Waals surface area (Å²) in [6.45, 7) is 1.76. The third-order valence-corrected chi connectivity index (χ3v) is 4.35. The number of amides is 2. The van der Waals surface area contributed by atoms with Crippen LogP contribution in [0.15, 0.2) is 66.9 Å². The molecule has 1 aromatic heterocycles. The van der Waals surface area contributed by atoms with Crippen molar-refractivity contribution in [3.63, 3.8) is 0 Å². The highest BCUT2D eigenvalue weighted by molar-refractivity contribution is 6.04. The Morgan fingerprint density at radius 1 is 1.00 bits per heavy atom. The van der Waals surface area contributed by atoms with Crippen molar-refractivity contribution in [2.24, 2.45) is 0 Å². The number of imidazole rings is 1. The van der Waals surface area contributed by atoms with Gasteiger partial charge in [-0.2, -0.15) is 0 Å². The first kappa shape index (κ1) is 16.1. The average molecular weight is 346 g/mol. The number of carbonyl (C=O) groups excluding carboxylic acids is 2. The molecule has 2 amide bonds. The fourth-order valence-corrected chi connectivity index (χ4v) is 3.01. The molecule has 0 unspecified atom stereocenters. The molecule has 2 aromatic carbocycles. The Labute approximate surface area is 151 Å². The Bertz CT molecular complexity index is 935. The van der Waals surface area contributed by atoms with E-state index in [1.54, 1.807) is 27.8 Å². The Morgan fingerprint density at radius 3 is 2.42 bits per heavy atom. The van der Waals surface area contributed by atoms with E-state index in [0.717, 1.165) is 5.56 Å². The summed E-state index contributed by atoms with van der Waals surface area (Å²) in [7, 11) is 0. The quantitative estimate of drug-likeness (QED) is 0.790. The van der Waals surface area contributed by atoms with Crippen LogP contribution in [0.4, 0.5) is 5.69 Å². The molecule has 1 N–H and O–H groups in total. The molecule has 0 saturated carbocycles. The lowest BCUT2D eigenvalue weighted by atomic mass is 10.2. The van der Waals surface area contributed by atoms with Crippen molar-refractivity contribution in [2.45, 2.75) is 13.1 Å². The molecule has 4 rings (SSSR count). The van der Waals surface area contributed by atoms with Gasteiger partial charge in [-0.05, 0) is 17.7 Å². The number of rotatable bonds is 4. The molecule has 0 atom stereocenters. The van der Waals surface area contributed by atoms with Crippen LogP contribution < -0.4 is 5.32 Å². The van der Waals surface area contributed by atoms with E-state index < -0.39 is 0 Å². The molecule has 0 spiro atoms. The molecule has 0 aliphatic carbocycles. The van der Waals surface area contributed by atoms with Gasteiger partial charge < -0.3 is 14.8 Å². The van der Waals surface area contributed by atoms with Gasteiger partial charge >= 0.3 is 0 Å². The van der Waals surface area contributed by atoms with Crippen LogP contribution in [-0.2, 0) is 13.1 Å². The van der Waals surface area contributed by atoms with Crippen molar-refractivity contribution in [2.75, 3.05) is 11.9 Å². The van der Waals surface area contributed by atoms with Gasteiger partial charge in [-0.1, -0.05) is 48.5 Å². The molecule has 0 saturated heterocycles. The molecule has 0 bridgehead atoms. The van der Waals surface area contributed by atoms with E-state index in [0.29, 0.717) is 31.1 Å². The van der Waals surface area contributed by atoms with E-state index in [9.17, 15) is 9.59 Å². The van der Waals surface area contributed by atoms with E-state index in [-0.39, 0.29) is 17.5 Å². The standard InChI is InChI=1S/C20H18N4O2/c25-19(21-16-9-5-2-6-10-16)17-14-23-11-12-24(20(26)18(23)22-17)13-15-7-3-1-4-8-15/h1-10,14H,11-13H2,(H,21,25). The van der Waals surface area contributed by atoms with Gasteiger partial charge in [0.2, 0.25) is 0 Å². The van der Waals surface area contributed by atoms with Crippen LogP contribution in [0.1, 0.15) is 26.7 Å². The smallest absolute Gasteiger partial charge is 0.290 e. The van der Waals surface area contributed by atoms with Crippen molar-refractivity contribution < 1.29 is 9.59 Å². The van der Waals surface area contributed by atoms with Gasteiger partial charge in [-0.3, -0.25) is 9.59 Å². The molecule has 1 aliphatic heterocycles. The average Bonchev–Trinajstić information content (AvgIpc) is 3.11. The lowest BCUT2D eigenvalue weighted by molar-refractivity contribution is 0.0683. The molecule has 0 fully saturated rings. The van der Waals surface area contributed by atoms with Crippen molar-refractivity contribution >= 4 is 17.5 Å². The third-order valence-electron chi connectivity index (χ3n) is 4.35. The number of fused-ring (bicyclic) bond motifs is 1. The predicted octanol–water partition coefficient (Wildman–Crippen LogP) is 2.79. The van der Waals surface area contributed by atoms with Crippen LogP contribution in [0.3, 0.4) is 0 Å². The summed E-state index contributed by atoms with van der Waals surface area (Å²) in [4.78, 5) is 31.2. The first-order chi connectivity index (χ1) is 12.7. The summed E-state index contributed by atoms with van der Waals surface area (Å²) in [6.07, 6.45) is 1.64. The number of aromatic nitrogens is 2. The fourth-order valence-electron chi connectivity index (χ4n) is 3.01. The topological polar surface area (TPSA) is 67.2 Å². The minimum atomic E-state index is -0.319. The second kappa shape index (κ2) is 6.84. The Balaban J connectivity index is 1.51. The van der Waals surface area contributed by atoms with Gasteiger partial charge in [0, 0.05) is 31.5 Å². The van der Waals surface area contributed by atoms with Gasteiger partial charge in [0.15, 0.2) is 5.82 Å². The first-order valence-corrected chi connectivity index (χ1v) is 8.47. The summed E-state index contributed by atoms with van der Waals surface area (Å²) in [6, 6.07) is 19.0. The molecule has 3 aromatic rings. The molecule has 130 valence electrons. The van der Waals surface area contributed by atoms with Crippen LogP contribution in [0.2, 0.25) is 0 Å². The van der Waals surface area contributed by atoms with Gasteiger partial charge in [-0.15, -0.1) is 0 Å². The summed E-state index contributed by atoms with van der Waals surface area (Å²) in [5.74, 6) is -0.162. The van der Waals surface area contributed by atoms with Gasteiger partial charge in [0.1, 0.15) is 5.69 Å². The first-order valence-electron chi connectivity index (χ1n) is 8.47. The Hall–Kier alpha value is -3.41. The van der Waals surface area contributed by atoms with Crippen molar-refractivity contribution in [1.82, 2.24) is 14.5 Å². The minimum Gasteiger partial charge on any atom is -0.330 e. The molecule has 2 heterocycles. The van der Waals surface area contributed by atoms with Crippen molar-refractivity contribution in [3.05, 3.63) is 83.9 Å². The fraction of sp³-hybridized carbons (Fsp3) is 0.150. The number of hydrogen-bond donors (Lipinski definition) is 1. The summed E-state index contributed by atoms with van der Waals surface area (Å²) in [5.41, 5.74) is 2.02. The number of hydrogen-bond acceptors (Lipinski definition) is 3. The van der Waals surface area contributed by atoms with E-state index in [1.807, 2.05) is 48.5 Å². The number of nitrogens with one attached hydrogen (secondary N) is 1. The second-order valence-corrected chi connectivity index (χ2v) is 6.18. The minimum absolute atomic E-state index is 0.154. The zero-order chi connectivity index (χ0) is 17.9. The molecular formula is C20H18N4O2. The van der Waals surface area contributed by atoms with E-state index in [2.05, 4.69) is 10.3 Å². The summed E-state index contributed by atoms with van der Waals surface area (Å²) < 4.78 is 1.75. The maximum atomic E-state index is 12.7. The second-order valence-electron chi connectivity index (χ2n) is 6.18. The highest BCUT2D eigenvalue weighted by Gasteiger charge is 2.28.